The number of hydrogen-bond donors (Lipinski definition) is 2. The quantitative estimate of drug-likeness (QED) is 0.659. The van der Waals surface area contributed by atoms with Gasteiger partial charge in [-0.2, -0.15) is 5.10 Å². The van der Waals surface area contributed by atoms with Gasteiger partial charge in [-0.1, -0.05) is 25.3 Å². The molecule has 1 aromatic heterocycles. The van der Waals surface area contributed by atoms with Crippen LogP contribution in [0.3, 0.4) is 0 Å². The van der Waals surface area contributed by atoms with Crippen molar-refractivity contribution < 1.29 is 4.79 Å². The topological polar surface area (TPSA) is 86.3 Å². The minimum Gasteiger partial charge on any atom is -0.369 e. The summed E-state index contributed by atoms with van der Waals surface area (Å²) in [5.41, 5.74) is 1.94. The van der Waals surface area contributed by atoms with E-state index < -0.39 is 0 Å². The van der Waals surface area contributed by atoms with Crippen LogP contribution in [-0.2, 0) is 17.8 Å². The van der Waals surface area contributed by atoms with Gasteiger partial charge in [0.1, 0.15) is 5.82 Å². The third kappa shape index (κ3) is 6.00. The van der Waals surface area contributed by atoms with Crippen LogP contribution < -0.4 is 15.9 Å². The molecule has 1 aliphatic carbocycles. The predicted molar refractivity (Wildman–Crippen MR) is 127 cm³/mol. The summed E-state index contributed by atoms with van der Waals surface area (Å²) in [5, 5.41) is 9.84. The Hall–Kier alpha value is -2.61. The van der Waals surface area contributed by atoms with Crippen LogP contribution in [0.5, 0.6) is 0 Å². The van der Waals surface area contributed by atoms with Crippen LogP contribution in [-0.4, -0.2) is 58.3 Å². The van der Waals surface area contributed by atoms with Crippen molar-refractivity contribution >= 4 is 17.3 Å². The predicted octanol–water partition coefficient (Wildman–Crippen LogP) is 2.86. The largest absolute Gasteiger partial charge is 0.369 e. The molecule has 0 bridgehead atoms. The molecule has 2 aliphatic rings. The molecule has 174 valence electrons. The summed E-state index contributed by atoms with van der Waals surface area (Å²) in [6, 6.07) is 8.05. The fraction of sp³-hybridized carbons (Fsp3) is 0.625. The van der Waals surface area contributed by atoms with Gasteiger partial charge in [0, 0.05) is 57.4 Å². The molecule has 32 heavy (non-hydrogen) atoms. The van der Waals surface area contributed by atoms with Crippen molar-refractivity contribution in [1.29, 1.82) is 0 Å². The lowest BCUT2D eigenvalue weighted by molar-refractivity contribution is -0.114. The second-order valence-corrected chi connectivity index (χ2v) is 9.22. The van der Waals surface area contributed by atoms with Gasteiger partial charge in [0.2, 0.25) is 5.91 Å². The van der Waals surface area contributed by atoms with E-state index in [1.807, 2.05) is 22.8 Å². The summed E-state index contributed by atoms with van der Waals surface area (Å²) in [5.74, 6) is 1.48. The highest BCUT2D eigenvalue weighted by Gasteiger charge is 2.19. The van der Waals surface area contributed by atoms with Crippen molar-refractivity contribution in [3.63, 3.8) is 0 Å². The van der Waals surface area contributed by atoms with Gasteiger partial charge in [-0.15, -0.1) is 0 Å². The SMILES string of the molecule is CC(=O)Nc1cccc(N2CCN(CCCc3n[nH]c(=O)n3CC3CCCCC3)CC2)c1. The molecule has 8 nitrogen and oxygen atoms in total. The van der Waals surface area contributed by atoms with Gasteiger partial charge in [0.05, 0.1) is 0 Å². The summed E-state index contributed by atoms with van der Waals surface area (Å²) in [6.07, 6.45) is 8.21. The molecule has 0 unspecified atom stereocenters. The first-order chi connectivity index (χ1) is 15.6. The van der Waals surface area contributed by atoms with Crippen LogP contribution in [0.1, 0.15) is 51.3 Å². The summed E-state index contributed by atoms with van der Waals surface area (Å²) in [4.78, 5) is 28.4. The fourth-order valence-electron chi connectivity index (χ4n) is 5.03. The van der Waals surface area contributed by atoms with Gasteiger partial charge in [0.25, 0.3) is 0 Å². The number of hydrogen-bond acceptors (Lipinski definition) is 5. The maximum atomic E-state index is 12.2. The molecule has 0 atom stereocenters. The van der Waals surface area contributed by atoms with Crippen LogP contribution in [0.4, 0.5) is 11.4 Å². The van der Waals surface area contributed by atoms with Gasteiger partial charge >= 0.3 is 5.69 Å². The number of carbonyl (C=O) groups excluding carboxylic acids is 1. The highest BCUT2D eigenvalue weighted by Crippen LogP contribution is 2.25. The van der Waals surface area contributed by atoms with E-state index in [-0.39, 0.29) is 11.6 Å². The number of piperazine rings is 1. The lowest BCUT2D eigenvalue weighted by atomic mass is 9.89. The number of nitrogens with one attached hydrogen (secondary N) is 2. The van der Waals surface area contributed by atoms with Gasteiger partial charge in [-0.3, -0.25) is 14.3 Å². The molecule has 8 heteroatoms. The summed E-state index contributed by atoms with van der Waals surface area (Å²) < 4.78 is 1.88. The molecule has 1 aliphatic heterocycles. The smallest absolute Gasteiger partial charge is 0.343 e. The van der Waals surface area contributed by atoms with Crippen LogP contribution in [0.25, 0.3) is 0 Å². The van der Waals surface area contributed by atoms with E-state index >= 15 is 0 Å². The maximum absolute atomic E-state index is 12.2. The first-order valence-electron chi connectivity index (χ1n) is 12.1. The number of carbonyl (C=O) groups is 1. The van der Waals surface area contributed by atoms with E-state index in [4.69, 9.17) is 0 Å². The molecule has 0 radical (unpaired) electrons. The molecule has 1 aromatic carbocycles. The van der Waals surface area contributed by atoms with Crippen molar-refractivity contribution in [3.8, 4) is 0 Å². The fourth-order valence-corrected chi connectivity index (χ4v) is 5.03. The van der Waals surface area contributed by atoms with E-state index in [0.717, 1.165) is 69.3 Å². The number of benzene rings is 1. The van der Waals surface area contributed by atoms with Crippen molar-refractivity contribution in [2.24, 2.45) is 5.92 Å². The molecule has 2 N–H and O–H groups in total. The molecule has 1 amide bonds. The highest BCUT2D eigenvalue weighted by molar-refractivity contribution is 5.89. The van der Waals surface area contributed by atoms with Crippen LogP contribution >= 0.6 is 0 Å². The second-order valence-electron chi connectivity index (χ2n) is 9.22. The number of aromatic amines is 1. The lowest BCUT2D eigenvalue weighted by Gasteiger charge is -2.36. The maximum Gasteiger partial charge on any atom is 0.343 e. The lowest BCUT2D eigenvalue weighted by Crippen LogP contribution is -2.46. The zero-order valence-corrected chi connectivity index (χ0v) is 19.2. The third-order valence-corrected chi connectivity index (χ3v) is 6.78. The minimum atomic E-state index is -0.0549. The Bertz CT molecular complexity index is 938. The Morgan fingerprint density at radius 2 is 1.94 bits per heavy atom. The Morgan fingerprint density at radius 3 is 2.69 bits per heavy atom. The van der Waals surface area contributed by atoms with Crippen LogP contribution in [0.15, 0.2) is 29.1 Å². The van der Waals surface area contributed by atoms with Crippen molar-refractivity contribution in [2.45, 2.75) is 58.4 Å². The van der Waals surface area contributed by atoms with Gasteiger partial charge in [-0.25, -0.2) is 9.89 Å². The molecule has 2 fully saturated rings. The van der Waals surface area contributed by atoms with Gasteiger partial charge in [-0.05, 0) is 49.9 Å². The number of anilines is 2. The summed E-state index contributed by atoms with van der Waals surface area (Å²) >= 11 is 0. The first-order valence-corrected chi connectivity index (χ1v) is 12.1. The molecule has 4 rings (SSSR count). The normalized spacial score (nSPS) is 18.1. The molecule has 2 aromatic rings. The van der Waals surface area contributed by atoms with Crippen molar-refractivity contribution in [3.05, 3.63) is 40.6 Å². The standard InChI is InChI=1S/C24H36N6O2/c1-19(31)25-21-9-5-10-22(17-21)29-15-13-28(14-16-29)12-6-11-23-26-27-24(32)30(23)18-20-7-3-2-4-8-20/h5,9-10,17,20H,2-4,6-8,11-16,18H2,1H3,(H,25,31)(H,27,32). The summed E-state index contributed by atoms with van der Waals surface area (Å²) in [6.45, 7) is 7.34. The average molecular weight is 441 g/mol. The van der Waals surface area contributed by atoms with Crippen molar-refractivity contribution in [1.82, 2.24) is 19.7 Å². The Balaban J connectivity index is 1.23. The molecule has 0 spiro atoms. The molecule has 1 saturated heterocycles. The minimum absolute atomic E-state index is 0.0481. The number of aromatic nitrogens is 3. The number of aryl methyl sites for hydroxylation is 1. The number of nitrogens with zero attached hydrogens (tertiary/aromatic N) is 4. The van der Waals surface area contributed by atoms with E-state index in [9.17, 15) is 9.59 Å². The zero-order chi connectivity index (χ0) is 22.3. The molecule has 1 saturated carbocycles. The monoisotopic (exact) mass is 440 g/mol. The highest BCUT2D eigenvalue weighted by atomic mass is 16.2. The van der Waals surface area contributed by atoms with E-state index in [1.54, 1.807) is 0 Å². The van der Waals surface area contributed by atoms with E-state index in [1.165, 1.54) is 39.0 Å². The Labute approximate surface area is 190 Å². The van der Waals surface area contributed by atoms with Gasteiger partial charge in [0.15, 0.2) is 0 Å². The molecular weight excluding hydrogens is 404 g/mol. The summed E-state index contributed by atoms with van der Waals surface area (Å²) in [7, 11) is 0. The second kappa shape index (κ2) is 10.8. The van der Waals surface area contributed by atoms with E-state index in [0.29, 0.717) is 5.92 Å². The zero-order valence-electron chi connectivity index (χ0n) is 19.2. The number of rotatable bonds is 8. The van der Waals surface area contributed by atoms with Crippen LogP contribution in [0.2, 0.25) is 0 Å². The molecular formula is C24H36N6O2. The van der Waals surface area contributed by atoms with E-state index in [2.05, 4.69) is 31.4 Å². The third-order valence-electron chi connectivity index (χ3n) is 6.78. The number of amides is 1. The van der Waals surface area contributed by atoms with Crippen LogP contribution in [0, 0.1) is 5.92 Å². The van der Waals surface area contributed by atoms with Crippen molar-refractivity contribution in [2.75, 3.05) is 42.9 Å². The average Bonchev–Trinajstić information content (AvgIpc) is 3.14. The Morgan fingerprint density at radius 1 is 1.16 bits per heavy atom. The van der Waals surface area contributed by atoms with Gasteiger partial charge < -0.3 is 10.2 Å². The molecule has 2 heterocycles. The Kier molecular flexibility index (Phi) is 7.63. The first kappa shape index (κ1) is 22.6. The number of H-pyrrole nitrogens is 1.